The molecule has 1 aromatic heterocycles. The van der Waals surface area contributed by atoms with E-state index in [1.54, 1.807) is 17.0 Å². The van der Waals surface area contributed by atoms with Gasteiger partial charge in [-0.1, -0.05) is 30.3 Å². The molecule has 142 valence electrons. The molecule has 0 unspecified atom stereocenters. The van der Waals surface area contributed by atoms with Crippen molar-refractivity contribution in [3.63, 3.8) is 0 Å². The van der Waals surface area contributed by atoms with Crippen LogP contribution in [0, 0.1) is 5.92 Å². The van der Waals surface area contributed by atoms with Crippen molar-refractivity contribution in [2.75, 3.05) is 26.2 Å². The van der Waals surface area contributed by atoms with Crippen molar-refractivity contribution in [3.05, 3.63) is 60.1 Å². The standard InChI is InChI=1S/C22H26N2O3/c25-21(23-12-8-18(9-13-23)17-5-2-1-3-6-17)19-10-14-24(15-11-19)22(26)20-7-4-16-27-20/h1-7,16,18-19H,8-15H2. The number of carbonyl (C=O) groups excluding carboxylic acids is 2. The summed E-state index contributed by atoms with van der Waals surface area (Å²) in [6, 6.07) is 14.0. The molecule has 2 fully saturated rings. The van der Waals surface area contributed by atoms with Gasteiger partial charge in [0.1, 0.15) is 0 Å². The first-order valence-electron chi connectivity index (χ1n) is 9.89. The average molecular weight is 366 g/mol. The normalized spacial score (nSPS) is 19.3. The first-order chi connectivity index (χ1) is 13.2. The molecule has 2 aromatic rings. The molecule has 27 heavy (non-hydrogen) atoms. The molecule has 0 radical (unpaired) electrons. The zero-order valence-corrected chi connectivity index (χ0v) is 15.5. The lowest BCUT2D eigenvalue weighted by Crippen LogP contribution is -2.46. The summed E-state index contributed by atoms with van der Waals surface area (Å²) in [5.74, 6) is 1.17. The molecule has 2 saturated heterocycles. The lowest BCUT2D eigenvalue weighted by atomic mass is 9.88. The van der Waals surface area contributed by atoms with Crippen LogP contribution in [0.1, 0.15) is 47.7 Å². The number of benzene rings is 1. The van der Waals surface area contributed by atoms with Gasteiger partial charge in [0, 0.05) is 32.1 Å². The van der Waals surface area contributed by atoms with Crippen LogP contribution >= 0.6 is 0 Å². The van der Waals surface area contributed by atoms with Crippen LogP contribution in [0.3, 0.4) is 0 Å². The summed E-state index contributed by atoms with van der Waals surface area (Å²) in [6.07, 6.45) is 5.06. The van der Waals surface area contributed by atoms with Gasteiger partial charge in [-0.25, -0.2) is 0 Å². The molecule has 5 nitrogen and oxygen atoms in total. The van der Waals surface area contributed by atoms with Crippen LogP contribution in [0.25, 0.3) is 0 Å². The molecule has 0 saturated carbocycles. The number of hydrogen-bond acceptors (Lipinski definition) is 3. The third-order valence-electron chi connectivity index (χ3n) is 5.94. The Kier molecular flexibility index (Phi) is 5.28. The van der Waals surface area contributed by atoms with Gasteiger partial charge < -0.3 is 14.2 Å². The summed E-state index contributed by atoms with van der Waals surface area (Å²) in [5, 5.41) is 0. The topological polar surface area (TPSA) is 53.8 Å². The maximum absolute atomic E-state index is 12.9. The first kappa shape index (κ1) is 17.8. The number of furan rings is 1. The summed E-state index contributed by atoms with van der Waals surface area (Å²) in [6.45, 7) is 2.92. The summed E-state index contributed by atoms with van der Waals surface area (Å²) >= 11 is 0. The third kappa shape index (κ3) is 3.92. The second-order valence-corrected chi connectivity index (χ2v) is 7.55. The Morgan fingerprint density at radius 3 is 2.11 bits per heavy atom. The van der Waals surface area contributed by atoms with Crippen LogP contribution in [0.2, 0.25) is 0 Å². The molecule has 0 atom stereocenters. The highest BCUT2D eigenvalue weighted by Gasteiger charge is 2.32. The minimum Gasteiger partial charge on any atom is -0.459 e. The number of piperidine rings is 2. The van der Waals surface area contributed by atoms with Crippen molar-refractivity contribution in [1.82, 2.24) is 9.80 Å². The number of carbonyl (C=O) groups is 2. The Labute approximate surface area is 159 Å². The van der Waals surface area contributed by atoms with Crippen LogP contribution in [0.4, 0.5) is 0 Å². The highest BCUT2D eigenvalue weighted by Crippen LogP contribution is 2.30. The number of nitrogens with zero attached hydrogens (tertiary/aromatic N) is 2. The van der Waals surface area contributed by atoms with Crippen molar-refractivity contribution in [2.24, 2.45) is 5.92 Å². The van der Waals surface area contributed by atoms with Gasteiger partial charge in [0.2, 0.25) is 5.91 Å². The van der Waals surface area contributed by atoms with E-state index in [1.807, 2.05) is 11.0 Å². The molecular formula is C22H26N2O3. The minimum atomic E-state index is -0.0745. The van der Waals surface area contributed by atoms with Gasteiger partial charge in [-0.15, -0.1) is 0 Å². The van der Waals surface area contributed by atoms with E-state index in [9.17, 15) is 9.59 Å². The summed E-state index contributed by atoms with van der Waals surface area (Å²) in [7, 11) is 0. The van der Waals surface area contributed by atoms with E-state index in [1.165, 1.54) is 11.8 Å². The molecule has 3 heterocycles. The largest absolute Gasteiger partial charge is 0.459 e. The van der Waals surface area contributed by atoms with Crippen LogP contribution < -0.4 is 0 Å². The lowest BCUT2D eigenvalue weighted by Gasteiger charge is -2.37. The van der Waals surface area contributed by atoms with Crippen molar-refractivity contribution in [2.45, 2.75) is 31.6 Å². The van der Waals surface area contributed by atoms with Gasteiger partial charge in [0.05, 0.1) is 6.26 Å². The molecule has 0 N–H and O–H groups in total. The quantitative estimate of drug-likeness (QED) is 0.835. The number of hydrogen-bond donors (Lipinski definition) is 0. The Bertz CT molecular complexity index is 756. The molecular weight excluding hydrogens is 340 g/mol. The molecule has 1 aromatic carbocycles. The van der Waals surface area contributed by atoms with E-state index in [0.717, 1.165) is 38.8 Å². The van der Waals surface area contributed by atoms with Crippen LogP contribution in [-0.4, -0.2) is 47.8 Å². The maximum Gasteiger partial charge on any atom is 0.289 e. The molecule has 0 spiro atoms. The van der Waals surface area contributed by atoms with Crippen LogP contribution in [0.5, 0.6) is 0 Å². The van der Waals surface area contributed by atoms with E-state index in [4.69, 9.17) is 4.42 Å². The Morgan fingerprint density at radius 1 is 0.815 bits per heavy atom. The number of rotatable bonds is 3. The Balaban J connectivity index is 1.27. The fourth-order valence-electron chi connectivity index (χ4n) is 4.30. The monoisotopic (exact) mass is 366 g/mol. The summed E-state index contributed by atoms with van der Waals surface area (Å²) < 4.78 is 5.20. The third-order valence-corrected chi connectivity index (χ3v) is 5.94. The van der Waals surface area contributed by atoms with Gasteiger partial charge in [-0.05, 0) is 49.3 Å². The lowest BCUT2D eigenvalue weighted by molar-refractivity contribution is -0.138. The zero-order valence-electron chi connectivity index (χ0n) is 15.5. The predicted octanol–water partition coefficient (Wildman–Crippen LogP) is 3.54. The van der Waals surface area contributed by atoms with Crippen LogP contribution in [-0.2, 0) is 4.79 Å². The van der Waals surface area contributed by atoms with Crippen molar-refractivity contribution in [1.29, 1.82) is 0 Å². The summed E-state index contributed by atoms with van der Waals surface area (Å²) in [4.78, 5) is 29.1. The molecule has 2 aliphatic rings. The molecule has 2 aliphatic heterocycles. The second-order valence-electron chi connectivity index (χ2n) is 7.55. The van der Waals surface area contributed by atoms with Gasteiger partial charge in [0.25, 0.3) is 5.91 Å². The van der Waals surface area contributed by atoms with Crippen molar-refractivity contribution in [3.8, 4) is 0 Å². The minimum absolute atomic E-state index is 0.0407. The number of amides is 2. The van der Waals surface area contributed by atoms with Crippen LogP contribution in [0.15, 0.2) is 53.1 Å². The Morgan fingerprint density at radius 2 is 1.48 bits per heavy atom. The second kappa shape index (κ2) is 7.99. The molecule has 4 rings (SSSR count). The van der Waals surface area contributed by atoms with Crippen molar-refractivity contribution < 1.29 is 14.0 Å². The SMILES string of the molecule is O=C(c1ccco1)N1CCC(C(=O)N2CCC(c3ccccc3)CC2)CC1. The highest BCUT2D eigenvalue weighted by molar-refractivity contribution is 5.91. The number of likely N-dealkylation sites (tertiary alicyclic amines) is 2. The fourth-order valence-corrected chi connectivity index (χ4v) is 4.30. The molecule has 0 aliphatic carbocycles. The van der Waals surface area contributed by atoms with E-state index < -0.39 is 0 Å². The van der Waals surface area contributed by atoms with E-state index in [0.29, 0.717) is 24.8 Å². The predicted molar refractivity (Wildman–Crippen MR) is 102 cm³/mol. The highest BCUT2D eigenvalue weighted by atomic mass is 16.3. The smallest absolute Gasteiger partial charge is 0.289 e. The Hall–Kier alpha value is -2.56. The average Bonchev–Trinajstić information content (AvgIpc) is 3.28. The maximum atomic E-state index is 12.9. The van der Waals surface area contributed by atoms with Crippen molar-refractivity contribution >= 4 is 11.8 Å². The molecule has 0 bridgehead atoms. The van der Waals surface area contributed by atoms with E-state index in [-0.39, 0.29) is 17.7 Å². The van der Waals surface area contributed by atoms with Gasteiger partial charge in [-0.3, -0.25) is 9.59 Å². The molecule has 5 heteroatoms. The van der Waals surface area contributed by atoms with Gasteiger partial charge in [-0.2, -0.15) is 0 Å². The first-order valence-corrected chi connectivity index (χ1v) is 9.89. The van der Waals surface area contributed by atoms with E-state index >= 15 is 0 Å². The fraction of sp³-hybridized carbons (Fsp3) is 0.455. The molecule has 2 amide bonds. The van der Waals surface area contributed by atoms with Gasteiger partial charge >= 0.3 is 0 Å². The zero-order chi connectivity index (χ0) is 18.6. The summed E-state index contributed by atoms with van der Waals surface area (Å²) in [5.41, 5.74) is 1.38. The van der Waals surface area contributed by atoms with E-state index in [2.05, 4.69) is 24.3 Å². The van der Waals surface area contributed by atoms with Gasteiger partial charge in [0.15, 0.2) is 5.76 Å².